The molecule has 144 valence electrons. The summed E-state index contributed by atoms with van der Waals surface area (Å²) in [4.78, 5) is 12.0. The van der Waals surface area contributed by atoms with Gasteiger partial charge >= 0.3 is 0 Å². The van der Waals surface area contributed by atoms with E-state index in [-0.39, 0.29) is 21.9 Å². The van der Waals surface area contributed by atoms with Crippen LogP contribution in [-0.4, -0.2) is 14.3 Å². The standard InChI is InChI=1S/C19H20F2N2O3S/c1-19(10-2-3-11-19)18(24)22-13-4-6-14(7-5-13)23-27(25,26)15-8-9-16(20)17(21)12-15/h4-9,12,23H,2-3,10-11H2,1H3,(H,22,24). The van der Waals surface area contributed by atoms with Gasteiger partial charge in [0.2, 0.25) is 5.91 Å². The van der Waals surface area contributed by atoms with E-state index in [1.165, 1.54) is 12.1 Å². The van der Waals surface area contributed by atoms with Crippen LogP contribution in [0.25, 0.3) is 0 Å². The average Bonchev–Trinajstić information content (AvgIpc) is 3.07. The quantitative estimate of drug-likeness (QED) is 0.795. The van der Waals surface area contributed by atoms with Gasteiger partial charge in [0, 0.05) is 16.8 Å². The van der Waals surface area contributed by atoms with Crippen LogP contribution in [0.3, 0.4) is 0 Å². The second-order valence-electron chi connectivity index (χ2n) is 6.98. The topological polar surface area (TPSA) is 75.3 Å². The molecule has 0 unspecified atom stereocenters. The van der Waals surface area contributed by atoms with Gasteiger partial charge in [-0.05, 0) is 55.3 Å². The Morgan fingerprint density at radius 2 is 1.56 bits per heavy atom. The van der Waals surface area contributed by atoms with Crippen LogP contribution in [0, 0.1) is 17.0 Å². The number of carbonyl (C=O) groups excluding carboxylic acids is 1. The third-order valence-electron chi connectivity index (χ3n) is 4.85. The number of anilines is 2. The Kier molecular flexibility index (Phi) is 5.19. The van der Waals surface area contributed by atoms with Crippen molar-refractivity contribution in [3.63, 3.8) is 0 Å². The van der Waals surface area contributed by atoms with Crippen molar-refractivity contribution >= 4 is 27.3 Å². The highest BCUT2D eigenvalue weighted by molar-refractivity contribution is 7.92. The van der Waals surface area contributed by atoms with E-state index >= 15 is 0 Å². The lowest BCUT2D eigenvalue weighted by Gasteiger charge is -2.22. The van der Waals surface area contributed by atoms with Gasteiger partial charge in [0.05, 0.1) is 4.90 Å². The number of sulfonamides is 1. The Bertz CT molecular complexity index is 953. The third-order valence-corrected chi connectivity index (χ3v) is 6.23. The maximum atomic E-state index is 13.3. The van der Waals surface area contributed by atoms with Crippen molar-refractivity contribution in [1.82, 2.24) is 0 Å². The monoisotopic (exact) mass is 394 g/mol. The Hall–Kier alpha value is -2.48. The second-order valence-corrected chi connectivity index (χ2v) is 8.66. The number of benzene rings is 2. The molecule has 0 heterocycles. The van der Waals surface area contributed by atoms with Crippen molar-refractivity contribution in [2.45, 2.75) is 37.5 Å². The van der Waals surface area contributed by atoms with Gasteiger partial charge in [-0.25, -0.2) is 17.2 Å². The van der Waals surface area contributed by atoms with E-state index in [4.69, 9.17) is 0 Å². The van der Waals surface area contributed by atoms with Gasteiger partial charge in [-0.3, -0.25) is 9.52 Å². The summed E-state index contributed by atoms with van der Waals surface area (Å²) in [6.07, 6.45) is 3.78. The lowest BCUT2D eigenvalue weighted by molar-refractivity contribution is -0.124. The Balaban J connectivity index is 1.70. The third kappa shape index (κ3) is 4.27. The van der Waals surface area contributed by atoms with Crippen molar-refractivity contribution in [1.29, 1.82) is 0 Å². The largest absolute Gasteiger partial charge is 0.326 e. The normalized spacial score (nSPS) is 16.1. The molecule has 1 saturated carbocycles. The minimum atomic E-state index is -4.06. The summed E-state index contributed by atoms with van der Waals surface area (Å²) in [6.45, 7) is 1.94. The van der Waals surface area contributed by atoms with Crippen LogP contribution in [0.5, 0.6) is 0 Å². The van der Waals surface area contributed by atoms with Gasteiger partial charge in [-0.1, -0.05) is 19.8 Å². The van der Waals surface area contributed by atoms with Crippen molar-refractivity contribution in [2.24, 2.45) is 5.41 Å². The summed E-state index contributed by atoms with van der Waals surface area (Å²) in [5.74, 6) is -2.41. The zero-order valence-electron chi connectivity index (χ0n) is 14.8. The first-order valence-electron chi connectivity index (χ1n) is 8.59. The van der Waals surface area contributed by atoms with Gasteiger partial charge in [-0.2, -0.15) is 0 Å². The average molecular weight is 394 g/mol. The number of nitrogens with one attached hydrogen (secondary N) is 2. The Morgan fingerprint density at radius 1 is 0.963 bits per heavy atom. The summed E-state index contributed by atoms with van der Waals surface area (Å²) in [7, 11) is -4.06. The molecule has 2 N–H and O–H groups in total. The molecule has 0 aromatic heterocycles. The second kappa shape index (κ2) is 7.26. The van der Waals surface area contributed by atoms with E-state index in [0.717, 1.165) is 37.8 Å². The highest BCUT2D eigenvalue weighted by Gasteiger charge is 2.36. The highest BCUT2D eigenvalue weighted by Crippen LogP contribution is 2.38. The highest BCUT2D eigenvalue weighted by atomic mass is 32.2. The molecule has 5 nitrogen and oxygen atoms in total. The summed E-state index contributed by atoms with van der Waals surface area (Å²) in [5.41, 5.74) is 0.432. The molecule has 1 fully saturated rings. The van der Waals surface area contributed by atoms with Gasteiger partial charge < -0.3 is 5.32 Å². The molecule has 2 aromatic carbocycles. The predicted molar refractivity (Wildman–Crippen MR) is 98.8 cm³/mol. The molecule has 1 aliphatic rings. The van der Waals surface area contributed by atoms with Crippen molar-refractivity contribution in [2.75, 3.05) is 10.0 Å². The predicted octanol–water partition coefficient (Wildman–Crippen LogP) is 4.28. The summed E-state index contributed by atoms with van der Waals surface area (Å²) < 4.78 is 53.1. The van der Waals surface area contributed by atoms with E-state index in [9.17, 15) is 22.0 Å². The summed E-state index contributed by atoms with van der Waals surface area (Å²) >= 11 is 0. The molecule has 0 aliphatic heterocycles. The van der Waals surface area contributed by atoms with E-state index < -0.39 is 21.7 Å². The number of hydrogen-bond acceptors (Lipinski definition) is 3. The molecular formula is C19H20F2N2O3S. The first-order chi connectivity index (χ1) is 12.7. The molecule has 0 saturated heterocycles. The fourth-order valence-electron chi connectivity index (χ4n) is 3.14. The molecule has 0 atom stereocenters. The summed E-state index contributed by atoms with van der Waals surface area (Å²) in [5, 5.41) is 2.85. The number of rotatable bonds is 5. The van der Waals surface area contributed by atoms with Crippen LogP contribution in [0.15, 0.2) is 47.4 Å². The van der Waals surface area contributed by atoms with Crippen molar-refractivity contribution in [3.05, 3.63) is 54.1 Å². The minimum Gasteiger partial charge on any atom is -0.326 e. The molecule has 8 heteroatoms. The van der Waals surface area contributed by atoms with Crippen LogP contribution in [-0.2, 0) is 14.8 Å². The maximum Gasteiger partial charge on any atom is 0.261 e. The number of hydrogen-bond donors (Lipinski definition) is 2. The van der Waals surface area contributed by atoms with Crippen LogP contribution in [0.2, 0.25) is 0 Å². The zero-order valence-corrected chi connectivity index (χ0v) is 15.6. The number of carbonyl (C=O) groups is 1. The number of halogens is 2. The molecule has 1 aliphatic carbocycles. The van der Waals surface area contributed by atoms with Crippen LogP contribution in [0.4, 0.5) is 20.2 Å². The van der Waals surface area contributed by atoms with E-state index in [1.807, 2.05) is 6.92 Å². The van der Waals surface area contributed by atoms with E-state index in [0.29, 0.717) is 11.8 Å². The maximum absolute atomic E-state index is 13.3. The molecular weight excluding hydrogens is 374 g/mol. The fourth-order valence-corrected chi connectivity index (χ4v) is 4.21. The fraction of sp³-hybridized carbons (Fsp3) is 0.316. The molecule has 1 amide bonds. The number of amides is 1. The van der Waals surface area contributed by atoms with Gasteiger partial charge in [0.25, 0.3) is 10.0 Å². The van der Waals surface area contributed by atoms with Gasteiger partial charge in [0.1, 0.15) is 0 Å². The lowest BCUT2D eigenvalue weighted by atomic mass is 9.88. The van der Waals surface area contributed by atoms with Crippen LogP contribution < -0.4 is 10.0 Å². The smallest absolute Gasteiger partial charge is 0.261 e. The Labute approximate surface area is 156 Å². The van der Waals surface area contributed by atoms with E-state index in [1.54, 1.807) is 12.1 Å². The molecule has 27 heavy (non-hydrogen) atoms. The molecule has 3 rings (SSSR count). The first kappa shape index (κ1) is 19.3. The van der Waals surface area contributed by atoms with Crippen molar-refractivity contribution < 1.29 is 22.0 Å². The SMILES string of the molecule is CC1(C(=O)Nc2ccc(NS(=O)(=O)c3ccc(F)c(F)c3)cc2)CCCC1. The zero-order chi connectivity index (χ0) is 19.7. The van der Waals surface area contributed by atoms with Crippen LogP contribution >= 0.6 is 0 Å². The molecule has 2 aromatic rings. The molecule has 0 radical (unpaired) electrons. The molecule has 0 spiro atoms. The first-order valence-corrected chi connectivity index (χ1v) is 10.1. The van der Waals surface area contributed by atoms with Crippen LogP contribution in [0.1, 0.15) is 32.6 Å². The van der Waals surface area contributed by atoms with Crippen molar-refractivity contribution in [3.8, 4) is 0 Å². The van der Waals surface area contributed by atoms with Gasteiger partial charge in [0.15, 0.2) is 11.6 Å². The summed E-state index contributed by atoms with van der Waals surface area (Å²) in [6, 6.07) is 8.50. The minimum absolute atomic E-state index is 0.0462. The molecule has 0 bridgehead atoms. The Morgan fingerprint density at radius 3 is 2.15 bits per heavy atom. The van der Waals surface area contributed by atoms with Gasteiger partial charge in [-0.15, -0.1) is 0 Å². The van der Waals surface area contributed by atoms with E-state index in [2.05, 4.69) is 10.0 Å². The lowest BCUT2D eigenvalue weighted by Crippen LogP contribution is -2.30.